The molecular weight excluding hydrogens is 312 g/mol. The first-order chi connectivity index (χ1) is 9.51. The summed E-state index contributed by atoms with van der Waals surface area (Å²) in [5.41, 5.74) is 5.34. The number of hydrogen-bond acceptors (Lipinski definition) is 2. The molecule has 0 aromatic heterocycles. The summed E-state index contributed by atoms with van der Waals surface area (Å²) in [6.07, 6.45) is 0. The van der Waals surface area contributed by atoms with Gasteiger partial charge < -0.3 is 5.32 Å². The van der Waals surface area contributed by atoms with Gasteiger partial charge in [-0.2, -0.15) is 5.26 Å². The summed E-state index contributed by atoms with van der Waals surface area (Å²) in [5.74, 6) is 0. The minimum absolute atomic E-state index is 0.140. The molecule has 0 aliphatic carbocycles. The molecule has 2 rings (SSSR count). The maximum atomic E-state index is 8.97. The van der Waals surface area contributed by atoms with Crippen LogP contribution in [0.25, 0.3) is 0 Å². The number of anilines is 1. The molecule has 1 unspecified atom stereocenters. The topological polar surface area (TPSA) is 35.8 Å². The van der Waals surface area contributed by atoms with Crippen LogP contribution in [0, 0.1) is 25.2 Å². The van der Waals surface area contributed by atoms with Crippen LogP contribution in [-0.2, 0) is 0 Å². The summed E-state index contributed by atoms with van der Waals surface area (Å²) < 4.78 is 1.07. The van der Waals surface area contributed by atoms with Crippen molar-refractivity contribution >= 4 is 21.6 Å². The number of aryl methyl sites for hydroxylation is 2. The third kappa shape index (κ3) is 3.20. The standard InChI is InChI=1S/C17H17BrN2/c1-11-7-12(2)17(16(18)8-11)20-13(3)15-6-4-5-14(9-15)10-19/h4-9,13,20H,1-3H3. The van der Waals surface area contributed by atoms with Gasteiger partial charge in [-0.25, -0.2) is 0 Å². The van der Waals surface area contributed by atoms with Crippen LogP contribution in [0.15, 0.2) is 40.9 Å². The van der Waals surface area contributed by atoms with Gasteiger partial charge in [0, 0.05) is 10.5 Å². The Hall–Kier alpha value is -1.79. The Morgan fingerprint density at radius 3 is 2.60 bits per heavy atom. The molecule has 0 saturated heterocycles. The molecule has 0 fully saturated rings. The molecular formula is C17H17BrN2. The molecule has 1 N–H and O–H groups in total. The van der Waals surface area contributed by atoms with Crippen molar-refractivity contribution in [2.45, 2.75) is 26.8 Å². The van der Waals surface area contributed by atoms with Gasteiger partial charge in [-0.05, 0) is 71.6 Å². The minimum Gasteiger partial charge on any atom is -0.377 e. The van der Waals surface area contributed by atoms with Gasteiger partial charge in [0.25, 0.3) is 0 Å². The minimum atomic E-state index is 0.140. The van der Waals surface area contributed by atoms with Gasteiger partial charge in [-0.15, -0.1) is 0 Å². The first-order valence-electron chi connectivity index (χ1n) is 6.54. The molecule has 2 aromatic carbocycles. The Balaban J connectivity index is 2.28. The molecule has 0 aliphatic rings. The second kappa shape index (κ2) is 6.11. The largest absolute Gasteiger partial charge is 0.377 e. The number of hydrogen-bond donors (Lipinski definition) is 1. The molecule has 1 atom stereocenters. The molecule has 3 heteroatoms. The SMILES string of the molecule is Cc1cc(C)c(NC(C)c2cccc(C#N)c2)c(Br)c1. The fourth-order valence-electron chi connectivity index (χ4n) is 2.28. The zero-order chi connectivity index (χ0) is 14.7. The van der Waals surface area contributed by atoms with Crippen molar-refractivity contribution in [1.29, 1.82) is 5.26 Å². The second-order valence-electron chi connectivity index (χ2n) is 5.04. The zero-order valence-electron chi connectivity index (χ0n) is 11.9. The predicted molar refractivity (Wildman–Crippen MR) is 86.8 cm³/mol. The number of halogens is 1. The van der Waals surface area contributed by atoms with Gasteiger partial charge in [0.1, 0.15) is 0 Å². The summed E-state index contributed by atoms with van der Waals surface area (Å²) in [7, 11) is 0. The lowest BCUT2D eigenvalue weighted by molar-refractivity contribution is 0.880. The molecule has 0 bridgehead atoms. The summed E-state index contributed by atoms with van der Waals surface area (Å²) in [5, 5.41) is 12.5. The third-order valence-electron chi connectivity index (χ3n) is 3.31. The summed E-state index contributed by atoms with van der Waals surface area (Å²) in [6.45, 7) is 6.28. The van der Waals surface area contributed by atoms with Crippen LogP contribution in [0.4, 0.5) is 5.69 Å². The van der Waals surface area contributed by atoms with E-state index in [1.54, 1.807) is 0 Å². The van der Waals surface area contributed by atoms with Gasteiger partial charge >= 0.3 is 0 Å². The fraction of sp³-hybridized carbons (Fsp3) is 0.235. The average molecular weight is 329 g/mol. The highest BCUT2D eigenvalue weighted by atomic mass is 79.9. The van der Waals surface area contributed by atoms with Crippen molar-refractivity contribution in [3.8, 4) is 6.07 Å². The first kappa shape index (κ1) is 14.6. The van der Waals surface area contributed by atoms with E-state index in [4.69, 9.17) is 5.26 Å². The van der Waals surface area contributed by atoms with Crippen LogP contribution >= 0.6 is 15.9 Å². The average Bonchev–Trinajstić information content (AvgIpc) is 2.42. The lowest BCUT2D eigenvalue weighted by Gasteiger charge is -2.19. The smallest absolute Gasteiger partial charge is 0.0991 e. The van der Waals surface area contributed by atoms with Gasteiger partial charge in [-0.1, -0.05) is 18.2 Å². The highest BCUT2D eigenvalue weighted by Gasteiger charge is 2.10. The van der Waals surface area contributed by atoms with Crippen molar-refractivity contribution < 1.29 is 0 Å². The van der Waals surface area contributed by atoms with Gasteiger partial charge in [0.05, 0.1) is 17.3 Å². The molecule has 0 radical (unpaired) electrons. The lowest BCUT2D eigenvalue weighted by atomic mass is 10.0. The summed E-state index contributed by atoms with van der Waals surface area (Å²) in [4.78, 5) is 0. The molecule has 0 saturated carbocycles. The number of benzene rings is 2. The van der Waals surface area contributed by atoms with Crippen LogP contribution in [-0.4, -0.2) is 0 Å². The highest BCUT2D eigenvalue weighted by molar-refractivity contribution is 9.10. The van der Waals surface area contributed by atoms with Crippen molar-refractivity contribution in [1.82, 2.24) is 0 Å². The fourth-order valence-corrected chi connectivity index (χ4v) is 3.06. The molecule has 0 spiro atoms. The van der Waals surface area contributed by atoms with E-state index in [0.717, 1.165) is 15.7 Å². The Bertz CT molecular complexity index is 648. The van der Waals surface area contributed by atoms with E-state index in [-0.39, 0.29) is 6.04 Å². The van der Waals surface area contributed by atoms with Crippen molar-refractivity contribution in [2.75, 3.05) is 5.32 Å². The summed E-state index contributed by atoms with van der Waals surface area (Å²) in [6, 6.07) is 14.3. The molecule has 0 heterocycles. The number of nitrogens with zero attached hydrogens (tertiary/aromatic N) is 1. The van der Waals surface area contributed by atoms with Gasteiger partial charge in [0.15, 0.2) is 0 Å². The van der Waals surface area contributed by atoms with Crippen molar-refractivity contribution in [3.63, 3.8) is 0 Å². The zero-order valence-corrected chi connectivity index (χ0v) is 13.5. The molecule has 2 aromatic rings. The monoisotopic (exact) mass is 328 g/mol. The molecule has 0 aliphatic heterocycles. The van der Waals surface area contributed by atoms with E-state index < -0.39 is 0 Å². The quantitative estimate of drug-likeness (QED) is 0.849. The molecule has 2 nitrogen and oxygen atoms in total. The number of rotatable bonds is 3. The second-order valence-corrected chi connectivity index (χ2v) is 5.90. The van der Waals surface area contributed by atoms with Crippen LogP contribution in [0.1, 0.15) is 35.2 Å². The normalized spacial score (nSPS) is 11.8. The highest BCUT2D eigenvalue weighted by Crippen LogP contribution is 2.31. The third-order valence-corrected chi connectivity index (χ3v) is 3.93. The lowest BCUT2D eigenvalue weighted by Crippen LogP contribution is -2.08. The van der Waals surface area contributed by atoms with Crippen LogP contribution in [0.5, 0.6) is 0 Å². The van der Waals surface area contributed by atoms with Gasteiger partial charge in [0.2, 0.25) is 0 Å². The van der Waals surface area contributed by atoms with E-state index >= 15 is 0 Å². The number of nitriles is 1. The molecule has 102 valence electrons. The van der Waals surface area contributed by atoms with Crippen molar-refractivity contribution in [3.05, 3.63) is 63.1 Å². The Morgan fingerprint density at radius 2 is 1.95 bits per heavy atom. The Labute approximate surface area is 128 Å². The van der Waals surface area contributed by atoms with Crippen LogP contribution < -0.4 is 5.32 Å². The maximum Gasteiger partial charge on any atom is 0.0991 e. The summed E-state index contributed by atoms with van der Waals surface area (Å²) >= 11 is 3.61. The van der Waals surface area contributed by atoms with E-state index in [9.17, 15) is 0 Å². The van der Waals surface area contributed by atoms with E-state index in [0.29, 0.717) is 5.56 Å². The van der Waals surface area contributed by atoms with E-state index in [1.807, 2.05) is 24.3 Å². The van der Waals surface area contributed by atoms with Gasteiger partial charge in [-0.3, -0.25) is 0 Å². The van der Waals surface area contributed by atoms with Crippen LogP contribution in [0.2, 0.25) is 0 Å². The van der Waals surface area contributed by atoms with E-state index in [1.165, 1.54) is 11.1 Å². The Kier molecular flexibility index (Phi) is 4.46. The number of nitrogens with one attached hydrogen (secondary N) is 1. The first-order valence-corrected chi connectivity index (χ1v) is 7.34. The van der Waals surface area contributed by atoms with E-state index in [2.05, 4.69) is 60.2 Å². The maximum absolute atomic E-state index is 8.97. The molecule has 20 heavy (non-hydrogen) atoms. The molecule has 0 amide bonds. The van der Waals surface area contributed by atoms with Crippen LogP contribution in [0.3, 0.4) is 0 Å². The van der Waals surface area contributed by atoms with Crippen molar-refractivity contribution in [2.24, 2.45) is 0 Å². The Morgan fingerprint density at radius 1 is 1.20 bits per heavy atom. The predicted octanol–water partition coefficient (Wildman–Crippen LogP) is 5.11.